The van der Waals surface area contributed by atoms with Gasteiger partial charge in [-0.2, -0.15) is 0 Å². The number of nitrogens with zero attached hydrogens (tertiary/aromatic N) is 2. The number of ether oxygens (including phenoxy) is 2. The van der Waals surface area contributed by atoms with Crippen LogP contribution >= 0.6 is 46.9 Å². The van der Waals surface area contributed by atoms with Crippen LogP contribution in [0.15, 0.2) is 133 Å². The molecule has 6 aromatic rings. The molecule has 2 unspecified atom stereocenters. The van der Waals surface area contributed by atoms with Gasteiger partial charge in [0.25, 0.3) is 0 Å². The van der Waals surface area contributed by atoms with Crippen LogP contribution in [-0.2, 0) is 43.6 Å². The standard InChI is InChI=1S/C42H42N2P2.2C4H8O.4C3H9P.2Cu/c1-29-25-31(3)41(32(4)26-29)43-37-21-13-15-23-39(37)45(35-17-9-7-10-18-35)46(36-19-11-8-12-20-36)40-24-16-14-22-38(40)44-42-33(5)27-30(2)28-34(42)6;2*1-2-4-5-3-1;4*1-4(2)3;;/h7-28,45-46H,1-6H3;2*1-4H2;4*1-3H3;;/q;;;;;;;2*+1/p+4. The van der Waals surface area contributed by atoms with Crippen molar-refractivity contribution in [1.82, 2.24) is 0 Å². The third kappa shape index (κ3) is 30.0. The van der Waals surface area contributed by atoms with Crippen LogP contribution in [0.2, 0.25) is 0 Å². The molecule has 0 aliphatic carbocycles. The zero-order valence-corrected chi connectivity index (χ0v) is 56.6. The molecule has 74 heavy (non-hydrogen) atoms. The summed E-state index contributed by atoms with van der Waals surface area (Å²) in [5, 5.41) is 16.3. The van der Waals surface area contributed by atoms with Gasteiger partial charge in [0.2, 0.25) is 0 Å². The Morgan fingerprint density at radius 2 is 0.568 bits per heavy atom. The first-order valence-electron chi connectivity index (χ1n) is 26.1. The van der Waals surface area contributed by atoms with Gasteiger partial charge in [0.05, 0.1) is 0 Å². The van der Waals surface area contributed by atoms with Gasteiger partial charge in [-0.25, -0.2) is 0 Å². The van der Waals surface area contributed by atoms with Gasteiger partial charge < -0.3 is 20.1 Å². The second kappa shape index (κ2) is 41.5. The minimum absolute atomic E-state index is 0. The fourth-order valence-electron chi connectivity index (χ4n) is 7.60. The SMILES string of the molecule is C1CCOC1.C1CCOC1.C[PH+](C)C.C[PH+](C)C.C[PH+](C)C.C[PH+](C)C.Cc1cc(C)c([N-]c2ccccc2[PH+](c2ccccc2)[PH+](c2ccccc2)c2ccccc2[N-]c2c(C)cc(C)cc2C)c(C)c1.[Cu+].[Cu+]. The molecule has 0 bridgehead atoms. The minimum Gasteiger partial charge on any atom is -0.654 e. The van der Waals surface area contributed by atoms with Crippen molar-refractivity contribution < 1.29 is 43.6 Å². The molecule has 414 valence electrons. The van der Waals surface area contributed by atoms with E-state index in [-0.39, 0.29) is 65.8 Å². The van der Waals surface area contributed by atoms with Crippen molar-refractivity contribution in [2.24, 2.45) is 0 Å². The van der Waals surface area contributed by atoms with Crippen LogP contribution in [0, 0.1) is 41.5 Å². The summed E-state index contributed by atoms with van der Waals surface area (Å²) in [7, 11) is -2.35. The molecule has 8 rings (SSSR count). The molecule has 12 heteroatoms. The van der Waals surface area contributed by atoms with Gasteiger partial charge >= 0.3 is 34.1 Å². The summed E-state index contributed by atoms with van der Waals surface area (Å²) in [5.74, 6) is 0. The molecule has 0 saturated carbocycles. The van der Waals surface area contributed by atoms with Crippen molar-refractivity contribution in [1.29, 1.82) is 0 Å². The Morgan fingerprint density at radius 3 is 0.797 bits per heavy atom. The smallest absolute Gasteiger partial charge is 0.654 e. The Kier molecular flexibility index (Phi) is 40.6. The first kappa shape index (κ1) is 72.5. The molecular formula is C62H98Cu2N2O2P6+6. The number of hydrogen-bond donors (Lipinski definition) is 0. The molecule has 2 fully saturated rings. The Labute approximate surface area is 482 Å². The minimum atomic E-state index is -1.42. The van der Waals surface area contributed by atoms with E-state index in [9.17, 15) is 0 Å². The number of aryl methyl sites for hydroxylation is 6. The van der Waals surface area contributed by atoms with E-state index >= 15 is 0 Å². The molecule has 0 aromatic heterocycles. The third-order valence-corrected chi connectivity index (χ3v) is 19.2. The van der Waals surface area contributed by atoms with Gasteiger partial charge in [-0.1, -0.05) is 142 Å². The van der Waals surface area contributed by atoms with Crippen molar-refractivity contribution in [3.05, 3.63) is 177 Å². The van der Waals surface area contributed by atoms with Crippen LogP contribution in [0.1, 0.15) is 59.1 Å². The Hall–Kier alpha value is -1.54. The summed E-state index contributed by atoms with van der Waals surface area (Å²) < 4.78 is 9.89. The van der Waals surface area contributed by atoms with Gasteiger partial charge in [-0.3, -0.25) is 0 Å². The average Bonchev–Trinajstić information content (AvgIpc) is 4.10. The third-order valence-electron chi connectivity index (χ3n) is 10.1. The quantitative estimate of drug-likeness (QED) is 0.107. The number of rotatable bonds is 9. The second-order valence-corrected chi connectivity index (χ2v) is 39.6. The summed E-state index contributed by atoms with van der Waals surface area (Å²) in [6.07, 6.45) is 5.11. The molecule has 0 N–H and O–H groups in total. The van der Waals surface area contributed by atoms with Crippen LogP contribution in [-0.4, -0.2) is 106 Å². The maximum absolute atomic E-state index is 5.44. The molecule has 6 aromatic carbocycles. The largest absolute Gasteiger partial charge is 1.00 e. The predicted octanol–water partition coefficient (Wildman–Crippen LogP) is 17.1. The maximum atomic E-state index is 5.44. The molecule has 2 heterocycles. The van der Waals surface area contributed by atoms with Gasteiger partial charge in [0, 0.05) is 106 Å². The first-order chi connectivity index (χ1) is 34.2. The van der Waals surface area contributed by atoms with Gasteiger partial charge in [-0.15, -0.1) is 11.4 Å². The molecule has 0 spiro atoms. The molecule has 0 amide bonds. The summed E-state index contributed by atoms with van der Waals surface area (Å²) in [6.45, 7) is 44.2. The molecule has 4 nitrogen and oxygen atoms in total. The monoisotopic (exact) mass is 1210 g/mol. The van der Waals surface area contributed by atoms with Crippen molar-refractivity contribution in [2.75, 3.05) is 106 Å². The van der Waals surface area contributed by atoms with E-state index in [1.165, 1.54) is 80.3 Å². The second-order valence-electron chi connectivity index (χ2n) is 20.9. The van der Waals surface area contributed by atoms with E-state index in [1.54, 1.807) is 0 Å². The molecule has 0 radical (unpaired) electrons. The van der Waals surface area contributed by atoms with Crippen LogP contribution in [0.3, 0.4) is 0 Å². The van der Waals surface area contributed by atoms with E-state index in [0.29, 0.717) is 0 Å². The van der Waals surface area contributed by atoms with Crippen molar-refractivity contribution in [3.63, 3.8) is 0 Å². The summed E-state index contributed by atoms with van der Waals surface area (Å²) in [6, 6.07) is 49.0. The van der Waals surface area contributed by atoms with Gasteiger partial charge in [-0.05, 0) is 135 Å². The Bertz CT molecular complexity index is 2130. The molecule has 2 aliphatic heterocycles. The molecule has 2 atom stereocenters. The Morgan fingerprint density at radius 1 is 0.338 bits per heavy atom. The first-order valence-corrected chi connectivity index (χ1v) is 42.1. The molecular weight excluding hydrogens is 1120 g/mol. The fraction of sp³-hybridized carbons (Fsp3) is 0.419. The number of para-hydroxylation sites is 2. The van der Waals surface area contributed by atoms with E-state index in [0.717, 1.165) is 49.2 Å². The van der Waals surface area contributed by atoms with Crippen LogP contribution in [0.4, 0.5) is 22.7 Å². The van der Waals surface area contributed by atoms with E-state index in [4.69, 9.17) is 20.1 Å². The van der Waals surface area contributed by atoms with Crippen LogP contribution < -0.4 is 21.2 Å². The van der Waals surface area contributed by atoms with Crippen molar-refractivity contribution in [2.45, 2.75) is 67.2 Å². The van der Waals surface area contributed by atoms with Crippen molar-refractivity contribution in [3.8, 4) is 0 Å². The molecule has 2 saturated heterocycles. The maximum Gasteiger partial charge on any atom is 1.00 e. The summed E-state index contributed by atoms with van der Waals surface area (Å²) in [5.41, 5.74) is 11.6. The van der Waals surface area contributed by atoms with Gasteiger partial charge in [0.1, 0.15) is 21.2 Å². The summed E-state index contributed by atoms with van der Waals surface area (Å²) >= 11 is 0. The molecule has 2 aliphatic rings. The van der Waals surface area contributed by atoms with E-state index < -0.39 is 15.2 Å². The number of benzene rings is 6. The Balaban J connectivity index is 0.00000156. The zero-order valence-electron chi connectivity index (χ0n) is 48.7. The normalized spacial score (nSPS) is 12.9. The van der Waals surface area contributed by atoms with Gasteiger partial charge in [0.15, 0.2) is 15.2 Å². The van der Waals surface area contributed by atoms with Crippen LogP contribution in [0.25, 0.3) is 10.6 Å². The number of hydrogen-bond acceptors (Lipinski definition) is 2. The van der Waals surface area contributed by atoms with Crippen LogP contribution in [0.5, 0.6) is 0 Å². The van der Waals surface area contributed by atoms with Crippen molar-refractivity contribution >= 4 is 90.9 Å². The average molecular weight is 1220 g/mol. The topological polar surface area (TPSA) is 46.7 Å². The zero-order chi connectivity index (χ0) is 53.6. The van der Waals surface area contributed by atoms with E-state index in [1.807, 2.05) is 0 Å². The summed E-state index contributed by atoms with van der Waals surface area (Å²) in [4.78, 5) is 0. The van der Waals surface area contributed by atoms with E-state index in [2.05, 4.69) is 255 Å². The predicted molar refractivity (Wildman–Crippen MR) is 352 cm³/mol. The fourth-order valence-corrected chi connectivity index (χ4v) is 17.3.